The topological polar surface area (TPSA) is 36.9 Å². The van der Waals surface area contributed by atoms with Crippen molar-refractivity contribution >= 4 is 16.6 Å². The lowest BCUT2D eigenvalue weighted by atomic mass is 9.61. The molecular formula is C43H76O4Si2. The van der Waals surface area contributed by atoms with Crippen LogP contribution in [-0.4, -0.2) is 48.3 Å². The standard InChI is InChI=1S/C43H76O4Si2/c1-31-34(28-35(46-48(12,13)40(2,3)4)29-39(31)47-49(14,15)41(5,6)7)23-22-33-18-16-27-43(10)37(33)24-25-38(43)36(32-20-21-32)19-17-26-42(8,9)45-30-44-11/h22-23,25,32,35-37,39H,1,16-21,24,26-30H2,2-15H3/b33-22+,34-23-/t35-,36+,37+,39+,43+/m1/s1. The molecule has 0 heterocycles. The zero-order chi connectivity index (χ0) is 36.6. The van der Waals surface area contributed by atoms with Crippen molar-refractivity contribution in [2.75, 3.05) is 13.9 Å². The van der Waals surface area contributed by atoms with Crippen LogP contribution in [0, 0.1) is 23.2 Å². The van der Waals surface area contributed by atoms with Crippen LogP contribution < -0.4 is 0 Å². The normalized spacial score (nSPS) is 29.8. The van der Waals surface area contributed by atoms with Crippen LogP contribution in [0.2, 0.25) is 36.3 Å². The van der Waals surface area contributed by atoms with E-state index in [-0.39, 0.29) is 33.3 Å². The molecule has 0 unspecified atom stereocenters. The van der Waals surface area contributed by atoms with E-state index in [0.29, 0.717) is 12.7 Å². The summed E-state index contributed by atoms with van der Waals surface area (Å²) in [5.74, 6) is 2.22. The van der Waals surface area contributed by atoms with E-state index in [4.69, 9.17) is 24.9 Å². The van der Waals surface area contributed by atoms with Crippen molar-refractivity contribution in [1.82, 2.24) is 0 Å². The predicted octanol–water partition coefficient (Wildman–Crippen LogP) is 12.7. The molecule has 4 aliphatic rings. The molecule has 6 heteroatoms. The molecule has 0 aliphatic heterocycles. The fraction of sp³-hybridized carbons (Fsp3) is 0.814. The minimum atomic E-state index is -1.99. The number of allylic oxidation sites excluding steroid dienone is 5. The van der Waals surface area contributed by atoms with Crippen molar-refractivity contribution in [1.29, 1.82) is 0 Å². The Morgan fingerprint density at radius 3 is 2.18 bits per heavy atom. The number of fused-ring (bicyclic) bond motifs is 1. The van der Waals surface area contributed by atoms with Gasteiger partial charge in [-0.25, -0.2) is 0 Å². The highest BCUT2D eigenvalue weighted by molar-refractivity contribution is 6.74. The van der Waals surface area contributed by atoms with Gasteiger partial charge in [-0.3, -0.25) is 0 Å². The zero-order valence-corrected chi connectivity index (χ0v) is 36.4. The molecule has 5 atom stereocenters. The quantitative estimate of drug-likeness (QED) is 0.102. The van der Waals surface area contributed by atoms with E-state index in [0.717, 1.165) is 31.1 Å². The SMILES string of the molecule is C=C1/C(=C\C=C2/CCC[C@]3(C)C([C@@H](CCCC(C)(C)OCOC)C4CC4)=CC[C@@H]23)C[C@@H](O[Si](C)(C)C(C)(C)C)C[C@@H]1O[Si](C)(C)C(C)(C)C. The van der Waals surface area contributed by atoms with Crippen LogP contribution >= 0.6 is 0 Å². The Morgan fingerprint density at radius 2 is 1.59 bits per heavy atom. The monoisotopic (exact) mass is 713 g/mol. The summed E-state index contributed by atoms with van der Waals surface area (Å²) < 4.78 is 25.4. The second-order valence-electron chi connectivity index (χ2n) is 20.1. The van der Waals surface area contributed by atoms with Gasteiger partial charge in [0, 0.05) is 13.5 Å². The van der Waals surface area contributed by atoms with Crippen molar-refractivity contribution in [2.24, 2.45) is 23.2 Å². The highest BCUT2D eigenvalue weighted by Gasteiger charge is 2.50. The van der Waals surface area contributed by atoms with Crippen molar-refractivity contribution in [3.8, 4) is 0 Å². The number of rotatable bonds is 14. The third-order valence-electron chi connectivity index (χ3n) is 13.8. The van der Waals surface area contributed by atoms with E-state index in [1.807, 2.05) is 0 Å². The van der Waals surface area contributed by atoms with Crippen molar-refractivity contribution in [3.05, 3.63) is 47.1 Å². The van der Waals surface area contributed by atoms with E-state index in [9.17, 15) is 0 Å². The average Bonchev–Trinajstić information content (AvgIpc) is 3.75. The lowest BCUT2D eigenvalue weighted by molar-refractivity contribution is -0.118. The molecule has 0 amide bonds. The Balaban J connectivity index is 1.55. The maximum absolute atomic E-state index is 7.13. The minimum Gasteiger partial charge on any atom is -0.413 e. The van der Waals surface area contributed by atoms with E-state index in [1.54, 1.807) is 18.3 Å². The van der Waals surface area contributed by atoms with Crippen LogP contribution in [0.4, 0.5) is 0 Å². The molecule has 4 nitrogen and oxygen atoms in total. The molecule has 0 bridgehead atoms. The first-order valence-corrected chi connectivity index (χ1v) is 25.6. The molecule has 4 aliphatic carbocycles. The third kappa shape index (κ3) is 9.81. The predicted molar refractivity (Wildman–Crippen MR) is 214 cm³/mol. The number of methoxy groups -OCH3 is 1. The Kier molecular flexibility index (Phi) is 12.8. The summed E-state index contributed by atoms with van der Waals surface area (Å²) in [7, 11) is -2.22. The van der Waals surface area contributed by atoms with Gasteiger partial charge in [0.05, 0.1) is 17.8 Å². The third-order valence-corrected chi connectivity index (χ3v) is 22.8. The average molecular weight is 713 g/mol. The Bertz CT molecular complexity index is 1260. The van der Waals surface area contributed by atoms with E-state index in [1.165, 1.54) is 62.5 Å². The summed E-state index contributed by atoms with van der Waals surface area (Å²) in [6, 6.07) is 0. The molecule has 0 aromatic rings. The Morgan fingerprint density at radius 1 is 0.959 bits per heavy atom. The highest BCUT2D eigenvalue weighted by Crippen LogP contribution is 2.60. The molecule has 0 aromatic carbocycles. The minimum absolute atomic E-state index is 0.0228. The summed E-state index contributed by atoms with van der Waals surface area (Å²) in [6.45, 7) is 35.7. The van der Waals surface area contributed by atoms with Crippen LogP contribution in [0.5, 0.6) is 0 Å². The van der Waals surface area contributed by atoms with Crippen molar-refractivity contribution < 1.29 is 18.3 Å². The van der Waals surface area contributed by atoms with E-state index in [2.05, 4.69) is 107 Å². The molecule has 49 heavy (non-hydrogen) atoms. The van der Waals surface area contributed by atoms with Gasteiger partial charge in [0.1, 0.15) is 6.79 Å². The van der Waals surface area contributed by atoms with Crippen molar-refractivity contribution in [2.45, 2.75) is 187 Å². The zero-order valence-electron chi connectivity index (χ0n) is 34.4. The first kappa shape index (κ1) is 41.0. The molecule has 0 spiro atoms. The number of hydrogen-bond donors (Lipinski definition) is 0. The van der Waals surface area contributed by atoms with Crippen LogP contribution in [-0.2, 0) is 18.3 Å². The number of hydrogen-bond acceptors (Lipinski definition) is 4. The lowest BCUT2D eigenvalue weighted by Gasteiger charge is -2.45. The van der Waals surface area contributed by atoms with Gasteiger partial charge < -0.3 is 18.3 Å². The fourth-order valence-corrected chi connectivity index (χ4v) is 11.0. The highest BCUT2D eigenvalue weighted by atomic mass is 28.4. The Hall–Kier alpha value is -0.766. The molecule has 3 saturated carbocycles. The largest absolute Gasteiger partial charge is 0.413 e. The Labute approximate surface area is 305 Å². The van der Waals surface area contributed by atoms with Crippen LogP contribution in [0.25, 0.3) is 0 Å². The van der Waals surface area contributed by atoms with Gasteiger partial charge in [0.15, 0.2) is 16.6 Å². The second-order valence-corrected chi connectivity index (χ2v) is 29.6. The maximum atomic E-state index is 7.13. The first-order chi connectivity index (χ1) is 22.5. The molecule has 0 aromatic heterocycles. The molecule has 0 radical (unpaired) electrons. The van der Waals surface area contributed by atoms with Crippen LogP contribution in [0.15, 0.2) is 47.1 Å². The summed E-state index contributed by atoms with van der Waals surface area (Å²) in [6.07, 6.45) is 21.1. The van der Waals surface area contributed by atoms with Gasteiger partial charge in [-0.2, -0.15) is 0 Å². The molecule has 280 valence electrons. The fourth-order valence-electron chi connectivity index (χ4n) is 8.37. The first-order valence-electron chi connectivity index (χ1n) is 19.8. The summed E-state index contributed by atoms with van der Waals surface area (Å²) in [5, 5.41) is 0.327. The van der Waals surface area contributed by atoms with Gasteiger partial charge in [0.2, 0.25) is 0 Å². The smallest absolute Gasteiger partial charge is 0.192 e. The summed E-state index contributed by atoms with van der Waals surface area (Å²) in [4.78, 5) is 0. The second kappa shape index (κ2) is 15.3. The molecular weight excluding hydrogens is 637 g/mol. The molecule has 0 saturated heterocycles. The van der Waals surface area contributed by atoms with Crippen molar-refractivity contribution in [3.63, 3.8) is 0 Å². The summed E-state index contributed by atoms with van der Waals surface area (Å²) >= 11 is 0. The van der Waals surface area contributed by atoms with Gasteiger partial charge in [-0.15, -0.1) is 0 Å². The lowest BCUT2D eigenvalue weighted by Crippen LogP contribution is -2.49. The van der Waals surface area contributed by atoms with Gasteiger partial charge in [0.25, 0.3) is 0 Å². The van der Waals surface area contributed by atoms with Crippen LogP contribution in [0.3, 0.4) is 0 Å². The van der Waals surface area contributed by atoms with Gasteiger partial charge in [-0.05, 0) is 149 Å². The van der Waals surface area contributed by atoms with E-state index >= 15 is 0 Å². The van der Waals surface area contributed by atoms with Gasteiger partial charge >= 0.3 is 0 Å². The number of ether oxygens (including phenoxy) is 2. The molecule has 4 rings (SSSR count). The maximum Gasteiger partial charge on any atom is 0.192 e. The van der Waals surface area contributed by atoms with Gasteiger partial charge in [-0.1, -0.05) is 84.4 Å². The molecule has 3 fully saturated rings. The van der Waals surface area contributed by atoms with E-state index < -0.39 is 16.6 Å². The summed E-state index contributed by atoms with van der Waals surface area (Å²) in [5.41, 5.74) is 6.12. The van der Waals surface area contributed by atoms with Crippen LogP contribution in [0.1, 0.15) is 133 Å². The molecule has 0 N–H and O–H groups in total.